The molecule has 0 amide bonds. The Morgan fingerprint density at radius 2 is 2.14 bits per heavy atom. The number of carboxylic acid groups (broad SMARTS) is 1. The maximum Gasteiger partial charge on any atom is 0.341 e. The fraction of sp³-hybridized carbons (Fsp3) is 0.250. The molecule has 0 spiro atoms. The van der Waals surface area contributed by atoms with Gasteiger partial charge in [0, 0.05) is 11.8 Å². The molecule has 0 aliphatic carbocycles. The predicted octanol–water partition coefficient (Wildman–Crippen LogP) is 1.32. The van der Waals surface area contributed by atoms with Crippen LogP contribution in [0.25, 0.3) is 0 Å². The summed E-state index contributed by atoms with van der Waals surface area (Å²) in [5.74, 6) is -1.65. The van der Waals surface area contributed by atoms with Crippen LogP contribution in [0.5, 0.6) is 0 Å². The van der Waals surface area contributed by atoms with Gasteiger partial charge in [-0.1, -0.05) is 0 Å². The summed E-state index contributed by atoms with van der Waals surface area (Å²) in [6.07, 6.45) is -1.90. The van der Waals surface area contributed by atoms with Gasteiger partial charge in [-0.05, 0) is 12.5 Å². The van der Waals surface area contributed by atoms with Gasteiger partial charge in [0.25, 0.3) is 12.0 Å². The lowest BCUT2D eigenvalue weighted by Crippen LogP contribution is -2.21. The molecule has 0 saturated heterocycles. The molecule has 0 radical (unpaired) electrons. The van der Waals surface area contributed by atoms with E-state index in [1.807, 2.05) is 0 Å². The van der Waals surface area contributed by atoms with E-state index in [0.29, 0.717) is 0 Å². The van der Waals surface area contributed by atoms with Crippen molar-refractivity contribution < 1.29 is 18.7 Å². The summed E-state index contributed by atoms with van der Waals surface area (Å²) < 4.78 is 24.8. The highest BCUT2D eigenvalue weighted by Gasteiger charge is 2.23. The van der Waals surface area contributed by atoms with Crippen LogP contribution in [0.4, 0.5) is 8.78 Å². The highest BCUT2D eigenvalue weighted by molar-refractivity contribution is 5.89. The summed E-state index contributed by atoms with van der Waals surface area (Å²) >= 11 is 0. The van der Waals surface area contributed by atoms with Crippen molar-refractivity contribution in [2.45, 2.75) is 13.3 Å². The van der Waals surface area contributed by atoms with Crippen molar-refractivity contribution in [3.05, 3.63) is 33.2 Å². The number of aryl methyl sites for hydroxylation is 1. The monoisotopic (exact) mass is 203 g/mol. The molecule has 0 aromatic carbocycles. The first-order valence-electron chi connectivity index (χ1n) is 3.68. The minimum absolute atomic E-state index is 0.0528. The lowest BCUT2D eigenvalue weighted by atomic mass is 10.1. The Balaban J connectivity index is 3.58. The molecule has 1 rings (SSSR count). The highest BCUT2D eigenvalue weighted by atomic mass is 19.3. The number of nitrogens with one attached hydrogen (secondary N) is 1. The number of carbonyl (C=O) groups is 1. The van der Waals surface area contributed by atoms with E-state index < -0.39 is 29.1 Å². The van der Waals surface area contributed by atoms with Crippen LogP contribution >= 0.6 is 0 Å². The van der Waals surface area contributed by atoms with Gasteiger partial charge < -0.3 is 10.1 Å². The summed E-state index contributed by atoms with van der Waals surface area (Å²) in [4.78, 5) is 23.6. The second-order valence-corrected chi connectivity index (χ2v) is 2.70. The predicted molar refractivity (Wildman–Crippen MR) is 43.7 cm³/mol. The SMILES string of the molecule is Cc1c[nH]c(=O)c(C(=O)O)c1C(F)F. The number of alkyl halides is 2. The normalized spacial score (nSPS) is 10.6. The fourth-order valence-electron chi connectivity index (χ4n) is 1.14. The molecule has 1 aromatic heterocycles. The van der Waals surface area contributed by atoms with Gasteiger partial charge in [-0.3, -0.25) is 4.79 Å². The van der Waals surface area contributed by atoms with Crippen molar-refractivity contribution in [3.63, 3.8) is 0 Å². The second kappa shape index (κ2) is 3.57. The first-order valence-corrected chi connectivity index (χ1v) is 3.68. The quantitative estimate of drug-likeness (QED) is 0.761. The lowest BCUT2D eigenvalue weighted by Gasteiger charge is -2.06. The molecule has 4 nitrogen and oxygen atoms in total. The average molecular weight is 203 g/mol. The number of halogens is 2. The third-order valence-electron chi connectivity index (χ3n) is 1.77. The van der Waals surface area contributed by atoms with Gasteiger partial charge in [0.1, 0.15) is 5.56 Å². The third-order valence-corrected chi connectivity index (χ3v) is 1.77. The van der Waals surface area contributed by atoms with E-state index in [2.05, 4.69) is 4.98 Å². The van der Waals surface area contributed by atoms with Gasteiger partial charge in [-0.15, -0.1) is 0 Å². The Hall–Kier alpha value is -1.72. The van der Waals surface area contributed by atoms with Crippen molar-refractivity contribution in [2.75, 3.05) is 0 Å². The van der Waals surface area contributed by atoms with Crippen LogP contribution in [0.15, 0.2) is 11.0 Å². The number of pyridine rings is 1. The largest absolute Gasteiger partial charge is 0.477 e. The minimum atomic E-state index is -2.97. The Bertz CT molecular complexity index is 425. The van der Waals surface area contributed by atoms with E-state index in [-0.39, 0.29) is 5.56 Å². The van der Waals surface area contributed by atoms with Crippen LogP contribution in [0.3, 0.4) is 0 Å². The van der Waals surface area contributed by atoms with Crippen molar-refractivity contribution in [1.82, 2.24) is 4.98 Å². The van der Waals surface area contributed by atoms with Crippen LogP contribution in [0, 0.1) is 6.92 Å². The number of aromatic nitrogens is 1. The van der Waals surface area contributed by atoms with Crippen LogP contribution < -0.4 is 5.56 Å². The maximum atomic E-state index is 12.4. The van der Waals surface area contributed by atoms with E-state index in [9.17, 15) is 18.4 Å². The van der Waals surface area contributed by atoms with Crippen LogP contribution in [0.1, 0.15) is 27.9 Å². The van der Waals surface area contributed by atoms with Crippen molar-refractivity contribution in [2.24, 2.45) is 0 Å². The zero-order valence-corrected chi connectivity index (χ0v) is 7.17. The number of hydrogen-bond donors (Lipinski definition) is 2. The van der Waals surface area contributed by atoms with Gasteiger partial charge >= 0.3 is 5.97 Å². The number of carboxylic acids is 1. The van der Waals surface area contributed by atoms with Crippen molar-refractivity contribution in [1.29, 1.82) is 0 Å². The van der Waals surface area contributed by atoms with Gasteiger partial charge in [-0.25, -0.2) is 13.6 Å². The standard InChI is InChI=1S/C8H7F2NO3/c1-3-2-11-7(12)5(8(13)14)4(3)6(9)10/h2,6H,1H3,(H,11,12)(H,13,14). The number of aromatic carboxylic acids is 1. The van der Waals surface area contributed by atoms with Gasteiger partial charge in [0.15, 0.2) is 0 Å². The van der Waals surface area contributed by atoms with E-state index in [4.69, 9.17) is 5.11 Å². The molecule has 0 aliphatic rings. The van der Waals surface area contributed by atoms with E-state index in [0.717, 1.165) is 6.20 Å². The highest BCUT2D eigenvalue weighted by Crippen LogP contribution is 2.23. The molecule has 6 heteroatoms. The molecular formula is C8H7F2NO3. The Morgan fingerprint density at radius 1 is 1.57 bits per heavy atom. The zero-order valence-electron chi connectivity index (χ0n) is 7.17. The molecule has 1 aromatic rings. The Morgan fingerprint density at radius 3 is 2.50 bits per heavy atom. The topological polar surface area (TPSA) is 70.2 Å². The number of aromatic amines is 1. The van der Waals surface area contributed by atoms with Crippen LogP contribution in [-0.2, 0) is 0 Å². The summed E-state index contributed by atoms with van der Waals surface area (Å²) in [6.45, 7) is 1.31. The summed E-state index contributed by atoms with van der Waals surface area (Å²) in [7, 11) is 0. The van der Waals surface area contributed by atoms with E-state index >= 15 is 0 Å². The molecule has 0 fully saturated rings. The smallest absolute Gasteiger partial charge is 0.341 e. The number of hydrogen-bond acceptors (Lipinski definition) is 2. The Kier molecular flexibility index (Phi) is 2.64. The number of rotatable bonds is 2. The third kappa shape index (κ3) is 1.63. The molecule has 2 N–H and O–H groups in total. The van der Waals surface area contributed by atoms with Gasteiger partial charge in [0.05, 0.1) is 0 Å². The van der Waals surface area contributed by atoms with Gasteiger partial charge in [0.2, 0.25) is 0 Å². The summed E-state index contributed by atoms with van der Waals surface area (Å²) in [5, 5.41) is 8.57. The van der Waals surface area contributed by atoms with Crippen molar-refractivity contribution in [3.8, 4) is 0 Å². The molecule has 0 bridgehead atoms. The van der Waals surface area contributed by atoms with Crippen LogP contribution in [0.2, 0.25) is 0 Å². The summed E-state index contributed by atoms with van der Waals surface area (Å²) in [5.41, 5.74) is -2.57. The molecule has 14 heavy (non-hydrogen) atoms. The van der Waals surface area contributed by atoms with E-state index in [1.165, 1.54) is 6.92 Å². The zero-order chi connectivity index (χ0) is 10.9. The molecule has 76 valence electrons. The molecule has 1 heterocycles. The lowest BCUT2D eigenvalue weighted by molar-refractivity contribution is 0.0681. The summed E-state index contributed by atoms with van der Waals surface area (Å²) in [6, 6.07) is 0. The fourth-order valence-corrected chi connectivity index (χ4v) is 1.14. The second-order valence-electron chi connectivity index (χ2n) is 2.70. The Labute approximate surface area is 77.2 Å². The van der Waals surface area contributed by atoms with E-state index in [1.54, 1.807) is 0 Å². The average Bonchev–Trinajstić information content (AvgIpc) is 2.07. The maximum absolute atomic E-state index is 12.4. The molecule has 0 saturated carbocycles. The first-order chi connectivity index (χ1) is 6.45. The first kappa shape index (κ1) is 10.4. The van der Waals surface area contributed by atoms with Gasteiger partial charge in [-0.2, -0.15) is 0 Å². The minimum Gasteiger partial charge on any atom is -0.477 e. The molecule has 0 aliphatic heterocycles. The molecular weight excluding hydrogens is 196 g/mol. The van der Waals surface area contributed by atoms with Crippen molar-refractivity contribution >= 4 is 5.97 Å². The number of H-pyrrole nitrogens is 1. The molecule has 0 unspecified atom stereocenters. The molecule has 0 atom stereocenters. The van der Waals surface area contributed by atoms with Crippen LogP contribution in [-0.4, -0.2) is 16.1 Å².